The van der Waals surface area contributed by atoms with Gasteiger partial charge in [0.15, 0.2) is 0 Å². The Morgan fingerprint density at radius 2 is 1.84 bits per heavy atom. The van der Waals surface area contributed by atoms with Crippen LogP contribution in [0.2, 0.25) is 0 Å². The summed E-state index contributed by atoms with van der Waals surface area (Å²) in [5.74, 6) is 0. The summed E-state index contributed by atoms with van der Waals surface area (Å²) in [6.07, 6.45) is 10.3. The zero-order valence-corrected chi connectivity index (χ0v) is 15.5. The molecule has 0 bridgehead atoms. The van der Waals surface area contributed by atoms with E-state index in [0.717, 1.165) is 13.0 Å². The first-order valence-electron chi connectivity index (χ1n) is 7.99. The van der Waals surface area contributed by atoms with Crippen molar-refractivity contribution in [1.29, 1.82) is 0 Å². The molecule has 112 valence electrons. The van der Waals surface area contributed by atoms with Crippen LogP contribution in [-0.4, -0.2) is 9.97 Å². The summed E-state index contributed by atoms with van der Waals surface area (Å²) in [5.41, 5.74) is 9.55. The second-order valence-electron chi connectivity index (χ2n) is 6.72. The lowest BCUT2D eigenvalue weighted by Crippen LogP contribution is -2.37. The quantitative estimate of drug-likeness (QED) is 0.348. The van der Waals surface area contributed by atoms with Crippen LogP contribution in [0.4, 0.5) is 0 Å². The van der Waals surface area contributed by atoms with Crippen LogP contribution >= 0.6 is 22.6 Å². The van der Waals surface area contributed by atoms with E-state index in [9.17, 15) is 0 Å². The van der Waals surface area contributed by atoms with Crippen molar-refractivity contribution in [1.82, 2.24) is 0 Å². The van der Waals surface area contributed by atoms with Gasteiger partial charge in [-0.3, -0.25) is 0 Å². The van der Waals surface area contributed by atoms with Gasteiger partial charge >= 0.3 is 0 Å². The molecule has 2 N–H and O–H groups in total. The molecule has 0 saturated carbocycles. The number of nitrogens with two attached hydrogens (primary N) is 1. The lowest BCUT2D eigenvalue weighted by molar-refractivity contribution is 0.254. The Hall–Kier alpha value is 0.430. The molecule has 0 amide bonds. The van der Waals surface area contributed by atoms with Crippen LogP contribution in [0.3, 0.4) is 0 Å². The van der Waals surface area contributed by atoms with Crippen molar-refractivity contribution in [2.24, 2.45) is 11.1 Å². The van der Waals surface area contributed by atoms with E-state index >= 15 is 0 Å². The average molecular weight is 377 g/mol. The van der Waals surface area contributed by atoms with Crippen molar-refractivity contribution in [2.75, 3.05) is 6.54 Å². The normalized spacial score (nSPS) is 31.9. The molecule has 0 saturated heterocycles. The first kappa shape index (κ1) is 17.5. The van der Waals surface area contributed by atoms with Crippen LogP contribution in [0.1, 0.15) is 79.1 Å². The largest absolute Gasteiger partial charge is 0.330 e. The van der Waals surface area contributed by atoms with Gasteiger partial charge in [-0.05, 0) is 57.4 Å². The predicted molar refractivity (Wildman–Crippen MR) is 94.9 cm³/mol. The minimum atomic E-state index is 0.419. The van der Waals surface area contributed by atoms with Crippen LogP contribution < -0.4 is 5.73 Å². The number of allylic oxidation sites excluding steroid dienone is 2. The lowest BCUT2D eigenvalue weighted by atomic mass is 9.63. The van der Waals surface area contributed by atoms with E-state index in [1.165, 1.54) is 44.9 Å². The zero-order chi connectivity index (χ0) is 14.5. The van der Waals surface area contributed by atoms with Crippen molar-refractivity contribution in [3.63, 3.8) is 0 Å². The fourth-order valence-electron chi connectivity index (χ4n) is 4.18. The highest BCUT2D eigenvalue weighted by atomic mass is 127. The summed E-state index contributed by atoms with van der Waals surface area (Å²) in [4.78, 5) is 0. The number of hydrogen-bond donors (Lipinski definition) is 1. The number of rotatable bonds is 7. The molecule has 2 heteroatoms. The molecule has 0 spiro atoms. The van der Waals surface area contributed by atoms with E-state index < -0.39 is 0 Å². The molecule has 0 aromatic carbocycles. The third kappa shape index (κ3) is 4.45. The SMILES string of the molecule is CCC[C@]1(I)CC(C)=C(CCCN)[C@](C)(CCC)C1. The molecular weight excluding hydrogens is 345 g/mol. The van der Waals surface area contributed by atoms with E-state index in [-0.39, 0.29) is 0 Å². The third-order valence-corrected chi connectivity index (χ3v) is 5.97. The molecule has 2 atom stereocenters. The second kappa shape index (κ2) is 7.44. The molecule has 1 aliphatic carbocycles. The van der Waals surface area contributed by atoms with Gasteiger partial charge in [-0.2, -0.15) is 0 Å². The van der Waals surface area contributed by atoms with Crippen LogP contribution in [0.5, 0.6) is 0 Å². The van der Waals surface area contributed by atoms with Gasteiger partial charge in [0.05, 0.1) is 0 Å². The topological polar surface area (TPSA) is 26.0 Å². The van der Waals surface area contributed by atoms with E-state index in [1.807, 2.05) is 0 Å². The molecule has 1 rings (SSSR count). The van der Waals surface area contributed by atoms with Crippen molar-refractivity contribution in [3.8, 4) is 0 Å². The van der Waals surface area contributed by atoms with Crippen molar-refractivity contribution in [3.05, 3.63) is 11.1 Å². The van der Waals surface area contributed by atoms with E-state index in [4.69, 9.17) is 5.73 Å². The summed E-state index contributed by atoms with van der Waals surface area (Å²) >= 11 is 2.76. The summed E-state index contributed by atoms with van der Waals surface area (Å²) in [7, 11) is 0. The monoisotopic (exact) mass is 377 g/mol. The molecule has 0 aliphatic heterocycles. The summed E-state index contributed by atoms with van der Waals surface area (Å²) in [6, 6.07) is 0. The van der Waals surface area contributed by atoms with Crippen molar-refractivity contribution in [2.45, 2.75) is 82.5 Å². The van der Waals surface area contributed by atoms with Gasteiger partial charge in [0, 0.05) is 3.42 Å². The van der Waals surface area contributed by atoms with Gasteiger partial charge < -0.3 is 5.73 Å². The Morgan fingerprint density at radius 3 is 2.37 bits per heavy atom. The third-order valence-electron chi connectivity index (χ3n) is 4.66. The van der Waals surface area contributed by atoms with E-state index in [2.05, 4.69) is 50.3 Å². The first-order chi connectivity index (χ1) is 8.90. The van der Waals surface area contributed by atoms with Gasteiger partial charge in [0.1, 0.15) is 0 Å². The molecule has 0 unspecified atom stereocenters. The summed E-state index contributed by atoms with van der Waals surface area (Å²) in [6.45, 7) is 10.4. The van der Waals surface area contributed by atoms with Crippen LogP contribution in [-0.2, 0) is 0 Å². The Kier molecular flexibility index (Phi) is 6.85. The smallest absolute Gasteiger partial charge is 0.0267 e. The Balaban J connectivity index is 3.02. The molecular formula is C17H32IN. The second-order valence-corrected chi connectivity index (χ2v) is 9.00. The van der Waals surface area contributed by atoms with Crippen molar-refractivity contribution >= 4 is 22.6 Å². The van der Waals surface area contributed by atoms with Gasteiger partial charge in [0.2, 0.25) is 0 Å². The van der Waals surface area contributed by atoms with E-state index in [0.29, 0.717) is 8.84 Å². The fourth-order valence-corrected chi connectivity index (χ4v) is 6.13. The Bertz CT molecular complexity index is 323. The maximum absolute atomic E-state index is 5.73. The van der Waals surface area contributed by atoms with Crippen LogP contribution in [0, 0.1) is 5.41 Å². The Labute approximate surface area is 133 Å². The van der Waals surface area contributed by atoms with Gasteiger partial charge in [-0.15, -0.1) is 0 Å². The molecule has 0 heterocycles. The minimum Gasteiger partial charge on any atom is -0.330 e. The van der Waals surface area contributed by atoms with Crippen LogP contribution in [0.15, 0.2) is 11.1 Å². The molecule has 1 aliphatic rings. The van der Waals surface area contributed by atoms with Gasteiger partial charge in [-0.1, -0.05) is 67.3 Å². The predicted octanol–water partition coefficient (Wildman–Crippen LogP) is 5.62. The van der Waals surface area contributed by atoms with Crippen molar-refractivity contribution < 1.29 is 0 Å². The molecule has 1 nitrogen and oxygen atoms in total. The highest BCUT2D eigenvalue weighted by molar-refractivity contribution is 14.1. The number of alkyl halides is 1. The maximum Gasteiger partial charge on any atom is 0.0267 e. The number of hydrogen-bond acceptors (Lipinski definition) is 1. The average Bonchev–Trinajstić information content (AvgIpc) is 2.27. The van der Waals surface area contributed by atoms with Crippen LogP contribution in [0.25, 0.3) is 0 Å². The molecule has 0 aromatic rings. The summed E-state index contributed by atoms with van der Waals surface area (Å²) in [5, 5.41) is 0. The fraction of sp³-hybridized carbons (Fsp3) is 0.882. The molecule has 0 aromatic heterocycles. The lowest BCUT2D eigenvalue weighted by Gasteiger charge is -2.46. The molecule has 0 radical (unpaired) electrons. The highest BCUT2D eigenvalue weighted by Gasteiger charge is 2.42. The van der Waals surface area contributed by atoms with E-state index in [1.54, 1.807) is 11.1 Å². The maximum atomic E-state index is 5.73. The van der Waals surface area contributed by atoms with Gasteiger partial charge in [0.25, 0.3) is 0 Å². The minimum absolute atomic E-state index is 0.419. The summed E-state index contributed by atoms with van der Waals surface area (Å²) < 4.78 is 0.493. The Morgan fingerprint density at radius 1 is 1.21 bits per heavy atom. The highest BCUT2D eigenvalue weighted by Crippen LogP contribution is 2.54. The standard InChI is InChI=1S/C17H32IN/c1-5-9-16(4)13-17(18,10-6-2)12-14(3)15(16)8-7-11-19/h5-13,19H2,1-4H3/t16-,17+/m1/s1. The van der Waals surface area contributed by atoms with Gasteiger partial charge in [-0.25, -0.2) is 0 Å². The molecule has 0 fully saturated rings. The number of halogens is 1. The first-order valence-corrected chi connectivity index (χ1v) is 9.07. The molecule has 19 heavy (non-hydrogen) atoms. The zero-order valence-electron chi connectivity index (χ0n) is 13.3.